The van der Waals surface area contributed by atoms with Crippen molar-refractivity contribution < 1.29 is 13.9 Å². The predicted molar refractivity (Wildman–Crippen MR) is 73.5 cm³/mol. The Labute approximate surface area is 112 Å². The van der Waals surface area contributed by atoms with E-state index in [0.29, 0.717) is 25.4 Å². The zero-order valence-corrected chi connectivity index (χ0v) is 10.8. The van der Waals surface area contributed by atoms with Gasteiger partial charge in [-0.25, -0.2) is 4.39 Å². The Bertz CT molecular complexity index is 393. The normalized spacial score (nSPS) is 10.2. The van der Waals surface area contributed by atoms with Crippen LogP contribution in [0, 0.1) is 5.82 Å². The van der Waals surface area contributed by atoms with Crippen molar-refractivity contribution in [3.8, 4) is 0 Å². The lowest BCUT2D eigenvalue weighted by Gasteiger charge is -2.07. The Balaban J connectivity index is 2.08. The van der Waals surface area contributed by atoms with Gasteiger partial charge >= 0.3 is 0 Å². The van der Waals surface area contributed by atoms with Crippen LogP contribution in [0.25, 0.3) is 0 Å². The molecule has 1 aromatic rings. The molecule has 0 spiro atoms. The Kier molecular flexibility index (Phi) is 7.46. The van der Waals surface area contributed by atoms with Crippen molar-refractivity contribution in [3.63, 3.8) is 0 Å². The summed E-state index contributed by atoms with van der Waals surface area (Å²) in [6.07, 6.45) is 2.62. The third kappa shape index (κ3) is 7.33. The van der Waals surface area contributed by atoms with Crippen LogP contribution in [0.2, 0.25) is 0 Å². The van der Waals surface area contributed by atoms with Gasteiger partial charge in [0.15, 0.2) is 0 Å². The van der Waals surface area contributed by atoms with Gasteiger partial charge in [-0.3, -0.25) is 4.79 Å². The molecule has 0 aliphatic carbocycles. The van der Waals surface area contributed by atoms with Crippen molar-refractivity contribution in [2.24, 2.45) is 0 Å². The summed E-state index contributed by atoms with van der Waals surface area (Å²) in [7, 11) is 0. The maximum Gasteiger partial charge on any atom is 0.238 e. The maximum absolute atomic E-state index is 12.7. The van der Waals surface area contributed by atoms with E-state index in [-0.39, 0.29) is 18.3 Å². The molecule has 0 saturated heterocycles. The predicted octanol–water partition coefficient (Wildman–Crippen LogP) is 1.95. The number of benzene rings is 1. The SMILES string of the molecule is C=CCCOCCNCC(=O)Nc1ccc(F)cc1. The molecule has 0 radical (unpaired) electrons. The summed E-state index contributed by atoms with van der Waals surface area (Å²) in [5, 5.41) is 5.61. The maximum atomic E-state index is 12.7. The number of halogens is 1. The van der Waals surface area contributed by atoms with E-state index in [2.05, 4.69) is 17.2 Å². The molecule has 4 nitrogen and oxygen atoms in total. The number of hydrogen-bond acceptors (Lipinski definition) is 3. The Morgan fingerprint density at radius 1 is 1.32 bits per heavy atom. The third-order valence-corrected chi connectivity index (χ3v) is 2.30. The first-order valence-corrected chi connectivity index (χ1v) is 6.17. The van der Waals surface area contributed by atoms with Crippen molar-refractivity contribution in [1.29, 1.82) is 0 Å². The molecule has 0 aliphatic rings. The summed E-state index contributed by atoms with van der Waals surface area (Å²) in [6.45, 7) is 5.59. The van der Waals surface area contributed by atoms with Crippen molar-refractivity contribution in [2.75, 3.05) is 31.6 Å². The molecule has 1 rings (SSSR count). The molecule has 5 heteroatoms. The average Bonchev–Trinajstić information content (AvgIpc) is 2.40. The second kappa shape index (κ2) is 9.24. The smallest absolute Gasteiger partial charge is 0.238 e. The molecule has 19 heavy (non-hydrogen) atoms. The van der Waals surface area contributed by atoms with E-state index in [1.54, 1.807) is 6.08 Å². The molecule has 1 aromatic carbocycles. The van der Waals surface area contributed by atoms with Crippen LogP contribution in [-0.4, -0.2) is 32.2 Å². The van der Waals surface area contributed by atoms with E-state index in [4.69, 9.17) is 4.74 Å². The number of carbonyl (C=O) groups excluding carboxylic acids is 1. The molecule has 0 aromatic heterocycles. The van der Waals surface area contributed by atoms with Crippen molar-refractivity contribution in [1.82, 2.24) is 5.32 Å². The topological polar surface area (TPSA) is 50.4 Å². The summed E-state index contributed by atoms with van der Waals surface area (Å²) in [5.74, 6) is -0.495. The molecule has 0 fully saturated rings. The van der Waals surface area contributed by atoms with Gasteiger partial charge in [0, 0.05) is 12.2 Å². The van der Waals surface area contributed by atoms with Crippen LogP contribution in [0.4, 0.5) is 10.1 Å². The minimum atomic E-state index is -0.326. The number of rotatable bonds is 9. The van der Waals surface area contributed by atoms with Gasteiger partial charge in [0.05, 0.1) is 19.8 Å². The number of ether oxygens (including phenoxy) is 1. The molecule has 0 saturated carbocycles. The van der Waals surface area contributed by atoms with Crippen LogP contribution in [0.3, 0.4) is 0 Å². The van der Waals surface area contributed by atoms with Gasteiger partial charge in [-0.15, -0.1) is 6.58 Å². The van der Waals surface area contributed by atoms with Crippen LogP contribution >= 0.6 is 0 Å². The molecule has 0 bridgehead atoms. The van der Waals surface area contributed by atoms with Crippen molar-refractivity contribution >= 4 is 11.6 Å². The quantitative estimate of drug-likeness (QED) is 0.530. The van der Waals surface area contributed by atoms with Crippen LogP contribution in [0.1, 0.15) is 6.42 Å². The fourth-order valence-corrected chi connectivity index (χ4v) is 1.35. The zero-order chi connectivity index (χ0) is 13.9. The summed E-state index contributed by atoms with van der Waals surface area (Å²) in [5.41, 5.74) is 0.579. The van der Waals surface area contributed by atoms with Gasteiger partial charge in [0.2, 0.25) is 5.91 Å². The van der Waals surface area contributed by atoms with Crippen LogP contribution in [0.5, 0.6) is 0 Å². The Hall–Kier alpha value is -1.72. The molecule has 0 unspecified atom stereocenters. The zero-order valence-electron chi connectivity index (χ0n) is 10.8. The van der Waals surface area contributed by atoms with E-state index < -0.39 is 0 Å². The van der Waals surface area contributed by atoms with Crippen LogP contribution < -0.4 is 10.6 Å². The molecule has 0 aliphatic heterocycles. The van der Waals surface area contributed by atoms with E-state index in [1.807, 2.05) is 0 Å². The van der Waals surface area contributed by atoms with Gasteiger partial charge in [0.1, 0.15) is 5.82 Å². The standard InChI is InChI=1S/C14H19FN2O2/c1-2-3-9-19-10-8-16-11-14(18)17-13-6-4-12(15)5-7-13/h2,4-7,16H,1,3,8-11H2,(H,17,18). The highest BCUT2D eigenvalue weighted by Crippen LogP contribution is 2.07. The highest BCUT2D eigenvalue weighted by Gasteiger charge is 2.01. The van der Waals surface area contributed by atoms with Crippen molar-refractivity contribution in [2.45, 2.75) is 6.42 Å². The first-order chi connectivity index (χ1) is 9.22. The van der Waals surface area contributed by atoms with Gasteiger partial charge in [-0.2, -0.15) is 0 Å². The van der Waals surface area contributed by atoms with E-state index in [9.17, 15) is 9.18 Å². The number of anilines is 1. The highest BCUT2D eigenvalue weighted by atomic mass is 19.1. The van der Waals surface area contributed by atoms with E-state index in [1.165, 1.54) is 24.3 Å². The minimum absolute atomic E-state index is 0.169. The van der Waals surface area contributed by atoms with Gasteiger partial charge in [-0.1, -0.05) is 6.08 Å². The Morgan fingerprint density at radius 3 is 2.74 bits per heavy atom. The lowest BCUT2D eigenvalue weighted by molar-refractivity contribution is -0.115. The molecule has 0 atom stereocenters. The molecule has 104 valence electrons. The number of nitrogens with one attached hydrogen (secondary N) is 2. The fourth-order valence-electron chi connectivity index (χ4n) is 1.35. The molecule has 2 N–H and O–H groups in total. The number of carbonyl (C=O) groups is 1. The van der Waals surface area contributed by atoms with Gasteiger partial charge < -0.3 is 15.4 Å². The number of amides is 1. The monoisotopic (exact) mass is 266 g/mol. The lowest BCUT2D eigenvalue weighted by Crippen LogP contribution is -2.30. The summed E-state index contributed by atoms with van der Waals surface area (Å²) in [4.78, 5) is 11.5. The van der Waals surface area contributed by atoms with Crippen molar-refractivity contribution in [3.05, 3.63) is 42.7 Å². The Morgan fingerprint density at radius 2 is 2.05 bits per heavy atom. The molecular weight excluding hydrogens is 247 g/mol. The summed E-state index contributed by atoms with van der Waals surface area (Å²) < 4.78 is 17.9. The molecule has 0 heterocycles. The van der Waals surface area contributed by atoms with Crippen LogP contribution in [0.15, 0.2) is 36.9 Å². The van der Waals surface area contributed by atoms with E-state index >= 15 is 0 Å². The largest absolute Gasteiger partial charge is 0.380 e. The second-order valence-electron chi connectivity index (χ2n) is 3.92. The van der Waals surface area contributed by atoms with Gasteiger partial charge in [-0.05, 0) is 30.7 Å². The lowest BCUT2D eigenvalue weighted by atomic mass is 10.3. The highest BCUT2D eigenvalue weighted by molar-refractivity contribution is 5.92. The first kappa shape index (κ1) is 15.3. The number of hydrogen-bond donors (Lipinski definition) is 2. The fraction of sp³-hybridized carbons (Fsp3) is 0.357. The summed E-state index contributed by atoms with van der Waals surface area (Å²) >= 11 is 0. The molecule has 1 amide bonds. The van der Waals surface area contributed by atoms with Gasteiger partial charge in [0.25, 0.3) is 0 Å². The van der Waals surface area contributed by atoms with Crippen LogP contribution in [-0.2, 0) is 9.53 Å². The van der Waals surface area contributed by atoms with E-state index in [0.717, 1.165) is 6.42 Å². The summed E-state index contributed by atoms with van der Waals surface area (Å²) in [6, 6.07) is 5.64. The first-order valence-electron chi connectivity index (χ1n) is 6.17. The molecular formula is C14H19FN2O2. The third-order valence-electron chi connectivity index (χ3n) is 2.30. The average molecular weight is 266 g/mol. The minimum Gasteiger partial charge on any atom is -0.380 e. The second-order valence-corrected chi connectivity index (χ2v) is 3.92.